The largest absolute Gasteiger partial charge is 0.333 e. The minimum atomic E-state index is -3.35. The maximum atomic E-state index is 12.6. The van der Waals surface area contributed by atoms with E-state index in [0.29, 0.717) is 26.2 Å². The molecule has 7 nitrogen and oxygen atoms in total. The summed E-state index contributed by atoms with van der Waals surface area (Å²) in [7, 11) is -3.35. The van der Waals surface area contributed by atoms with Gasteiger partial charge in [0, 0.05) is 0 Å². The number of nitriles is 1. The van der Waals surface area contributed by atoms with E-state index in [1.165, 1.54) is 4.31 Å². The molecule has 0 aromatic heterocycles. The molecule has 1 aromatic rings. The van der Waals surface area contributed by atoms with Crippen LogP contribution in [0.1, 0.15) is 25.3 Å². The molecule has 0 radical (unpaired) electrons. The summed E-state index contributed by atoms with van der Waals surface area (Å²) in [6, 6.07) is 11.4. The van der Waals surface area contributed by atoms with E-state index in [4.69, 9.17) is 0 Å². The van der Waals surface area contributed by atoms with Gasteiger partial charge in [-0.05, 0) is 31.2 Å². The molecule has 0 bridgehead atoms. The van der Waals surface area contributed by atoms with Crippen molar-refractivity contribution in [2.45, 2.75) is 31.1 Å². The minimum absolute atomic E-state index is 0.00553. The third kappa shape index (κ3) is 5.06. The van der Waals surface area contributed by atoms with Crippen molar-refractivity contribution in [3.8, 4) is 6.07 Å². The molecule has 2 fully saturated rings. The van der Waals surface area contributed by atoms with Crippen LogP contribution >= 0.6 is 0 Å². The average molecular weight is 392 g/mol. The van der Waals surface area contributed by atoms with Gasteiger partial charge >= 0.3 is 0 Å². The molecule has 1 aromatic carbocycles. The Morgan fingerprint density at radius 3 is 2.48 bits per heavy atom. The van der Waals surface area contributed by atoms with E-state index in [2.05, 4.69) is 11.4 Å². The first-order valence-electron chi connectivity index (χ1n) is 9.40. The Kier molecular flexibility index (Phi) is 5.84. The Morgan fingerprint density at radius 2 is 1.93 bits per heavy atom. The maximum Gasteiger partial charge on any atom is 0.276 e. The predicted molar refractivity (Wildman–Crippen MR) is 101 cm³/mol. The van der Waals surface area contributed by atoms with Gasteiger partial charge in [0.15, 0.2) is 6.54 Å². The standard InChI is InChI=1S/C19H26N4O3S/c1-19(15-20,17-7-8-17)21-18(24)13-22-9-11-23(12-10-22)27(25,26)14-16-5-3-2-4-6-16/h2-6,17H,7-14H2,1H3,(H,21,24)/p+1/t19-/m1/s1. The van der Waals surface area contributed by atoms with Gasteiger partial charge in [0.1, 0.15) is 5.54 Å². The molecule has 1 heterocycles. The van der Waals surface area contributed by atoms with Crippen LogP contribution in [0.3, 0.4) is 0 Å². The van der Waals surface area contributed by atoms with Crippen LogP contribution < -0.4 is 10.2 Å². The van der Waals surface area contributed by atoms with Crippen LogP contribution in [0.2, 0.25) is 0 Å². The van der Waals surface area contributed by atoms with Gasteiger partial charge in [-0.15, -0.1) is 0 Å². The van der Waals surface area contributed by atoms with Crippen molar-refractivity contribution in [1.29, 1.82) is 5.26 Å². The molecule has 1 saturated carbocycles. The van der Waals surface area contributed by atoms with Crippen LogP contribution in [0.15, 0.2) is 30.3 Å². The maximum absolute atomic E-state index is 12.6. The van der Waals surface area contributed by atoms with Crippen molar-refractivity contribution in [2.75, 3.05) is 32.7 Å². The molecule has 1 aliphatic carbocycles. The van der Waals surface area contributed by atoms with Crippen molar-refractivity contribution in [3.05, 3.63) is 35.9 Å². The van der Waals surface area contributed by atoms with E-state index >= 15 is 0 Å². The topological polar surface area (TPSA) is 94.7 Å². The summed E-state index contributed by atoms with van der Waals surface area (Å²) in [6.07, 6.45) is 1.96. The number of rotatable bonds is 7. The summed E-state index contributed by atoms with van der Waals surface area (Å²) in [6.45, 7) is 4.07. The zero-order valence-corrected chi connectivity index (χ0v) is 16.5. The number of amides is 1. The lowest BCUT2D eigenvalue weighted by molar-refractivity contribution is -0.895. The molecule has 146 valence electrons. The lowest BCUT2D eigenvalue weighted by Crippen LogP contribution is -3.16. The highest BCUT2D eigenvalue weighted by Crippen LogP contribution is 2.39. The molecule has 2 aliphatic rings. The number of hydrogen-bond donors (Lipinski definition) is 2. The Balaban J connectivity index is 1.48. The van der Waals surface area contributed by atoms with Crippen molar-refractivity contribution in [2.24, 2.45) is 5.92 Å². The number of carbonyl (C=O) groups excluding carboxylic acids is 1. The SMILES string of the molecule is C[C@](C#N)(NC(=O)C[NH+]1CCN(S(=O)(=O)Cc2ccccc2)CC1)C1CC1. The van der Waals surface area contributed by atoms with Crippen LogP contribution in [0, 0.1) is 17.2 Å². The van der Waals surface area contributed by atoms with Gasteiger partial charge in [-0.1, -0.05) is 30.3 Å². The fourth-order valence-electron chi connectivity index (χ4n) is 3.58. The van der Waals surface area contributed by atoms with Crippen LogP contribution in [0.5, 0.6) is 0 Å². The zero-order chi connectivity index (χ0) is 19.5. The number of hydrogen-bond acceptors (Lipinski definition) is 4. The highest BCUT2D eigenvalue weighted by Gasteiger charge is 2.43. The Bertz CT molecular complexity index is 809. The summed E-state index contributed by atoms with van der Waals surface area (Å²) in [5.41, 5.74) is -0.000278. The highest BCUT2D eigenvalue weighted by molar-refractivity contribution is 7.88. The Morgan fingerprint density at radius 1 is 1.30 bits per heavy atom. The fraction of sp³-hybridized carbons (Fsp3) is 0.579. The third-order valence-corrected chi connectivity index (χ3v) is 7.30. The number of piperazine rings is 1. The van der Waals surface area contributed by atoms with Crippen molar-refractivity contribution in [3.63, 3.8) is 0 Å². The number of nitrogens with one attached hydrogen (secondary N) is 2. The summed E-state index contributed by atoms with van der Waals surface area (Å²) < 4.78 is 26.7. The number of carbonyl (C=O) groups is 1. The predicted octanol–water partition coefficient (Wildman–Crippen LogP) is -0.475. The quantitative estimate of drug-likeness (QED) is 0.657. The van der Waals surface area contributed by atoms with Crippen LogP contribution in [-0.2, 0) is 20.6 Å². The first-order chi connectivity index (χ1) is 12.8. The first-order valence-corrected chi connectivity index (χ1v) is 11.0. The zero-order valence-electron chi connectivity index (χ0n) is 15.6. The van der Waals surface area contributed by atoms with E-state index < -0.39 is 15.6 Å². The second kappa shape index (κ2) is 7.97. The molecular weight excluding hydrogens is 364 g/mol. The van der Waals surface area contributed by atoms with E-state index in [0.717, 1.165) is 23.3 Å². The van der Waals surface area contributed by atoms with E-state index in [1.807, 2.05) is 30.3 Å². The summed E-state index contributed by atoms with van der Waals surface area (Å²) in [5, 5.41) is 12.2. The highest BCUT2D eigenvalue weighted by atomic mass is 32.2. The van der Waals surface area contributed by atoms with E-state index in [-0.39, 0.29) is 24.1 Å². The number of nitrogens with zero attached hydrogens (tertiary/aromatic N) is 2. The normalized spacial score (nSPS) is 21.2. The van der Waals surface area contributed by atoms with Crippen molar-refractivity contribution < 1.29 is 18.1 Å². The summed E-state index contributed by atoms with van der Waals surface area (Å²) in [4.78, 5) is 13.4. The monoisotopic (exact) mass is 391 g/mol. The van der Waals surface area contributed by atoms with E-state index in [1.54, 1.807) is 6.92 Å². The minimum Gasteiger partial charge on any atom is -0.333 e. The van der Waals surface area contributed by atoms with Gasteiger partial charge in [-0.25, -0.2) is 8.42 Å². The average Bonchev–Trinajstić information content (AvgIpc) is 3.48. The fourth-order valence-corrected chi connectivity index (χ4v) is 5.11. The van der Waals surface area contributed by atoms with E-state index in [9.17, 15) is 18.5 Å². The Labute approximate surface area is 161 Å². The van der Waals surface area contributed by atoms with Gasteiger partial charge in [-0.2, -0.15) is 9.57 Å². The Hall–Kier alpha value is -1.95. The molecular formula is C19H27N4O3S+. The number of quaternary nitrogens is 1. The van der Waals surface area contributed by atoms with Gasteiger partial charge in [0.25, 0.3) is 5.91 Å². The molecule has 0 spiro atoms. The molecule has 1 atom stereocenters. The van der Waals surface area contributed by atoms with Crippen molar-refractivity contribution >= 4 is 15.9 Å². The summed E-state index contributed by atoms with van der Waals surface area (Å²) in [5.74, 6) is 0.119. The second-order valence-corrected chi connectivity index (χ2v) is 9.67. The number of sulfonamides is 1. The molecule has 27 heavy (non-hydrogen) atoms. The second-order valence-electron chi connectivity index (χ2n) is 7.70. The molecule has 2 N–H and O–H groups in total. The molecule has 1 aliphatic heterocycles. The lowest BCUT2D eigenvalue weighted by atomic mass is 9.98. The van der Waals surface area contributed by atoms with Crippen LogP contribution in [-0.4, -0.2) is 56.9 Å². The molecule has 1 amide bonds. The van der Waals surface area contributed by atoms with Gasteiger partial charge in [-0.3, -0.25) is 4.79 Å². The smallest absolute Gasteiger partial charge is 0.276 e. The van der Waals surface area contributed by atoms with Gasteiger partial charge < -0.3 is 10.2 Å². The number of benzene rings is 1. The lowest BCUT2D eigenvalue weighted by Gasteiger charge is -2.32. The van der Waals surface area contributed by atoms with Gasteiger partial charge in [0.05, 0.1) is 38.0 Å². The third-order valence-electron chi connectivity index (χ3n) is 5.45. The van der Waals surface area contributed by atoms with Crippen LogP contribution in [0.4, 0.5) is 0 Å². The molecule has 8 heteroatoms. The van der Waals surface area contributed by atoms with Crippen molar-refractivity contribution in [1.82, 2.24) is 9.62 Å². The first kappa shape index (κ1) is 19.8. The molecule has 1 saturated heterocycles. The summed E-state index contributed by atoms with van der Waals surface area (Å²) >= 11 is 0. The molecule has 3 rings (SSSR count). The van der Waals surface area contributed by atoms with Gasteiger partial charge in [0.2, 0.25) is 10.0 Å². The van der Waals surface area contributed by atoms with Crippen LogP contribution in [0.25, 0.3) is 0 Å². The molecule has 0 unspecified atom stereocenters.